The van der Waals surface area contributed by atoms with Gasteiger partial charge < -0.3 is 23.7 Å². The molecule has 4 saturated heterocycles. The summed E-state index contributed by atoms with van der Waals surface area (Å²) in [5.41, 5.74) is -4.34. The van der Waals surface area contributed by atoms with E-state index in [9.17, 15) is 32.4 Å². The first-order chi connectivity index (χ1) is 23.5. The molecule has 1 N–H and O–H groups in total. The maximum absolute atomic E-state index is 13.0. The minimum Gasteiger partial charge on any atom is -0.458 e. The lowest BCUT2D eigenvalue weighted by Crippen LogP contribution is -2.62. The number of sulfonamides is 1. The normalized spacial score (nSPS) is 37.3. The fourth-order valence-corrected chi connectivity index (χ4v) is 9.76. The zero-order valence-corrected chi connectivity index (χ0v) is 32.3. The lowest BCUT2D eigenvalue weighted by molar-refractivity contribution is -0.232. The number of Topliss-reactive ketones (excluding diaryl/α,β-unsaturated/α-hetero) is 2. The summed E-state index contributed by atoms with van der Waals surface area (Å²) in [4.78, 5) is 63.4. The van der Waals surface area contributed by atoms with E-state index >= 15 is 0 Å². The fourth-order valence-electron chi connectivity index (χ4n) is 9.21. The molecule has 8 aliphatic rings. The van der Waals surface area contributed by atoms with Crippen molar-refractivity contribution in [1.29, 1.82) is 0 Å². The molecule has 0 aromatic carbocycles. The summed E-state index contributed by atoms with van der Waals surface area (Å²) in [6.45, 7) is 11.4. The molecule has 0 aromatic rings. The van der Waals surface area contributed by atoms with Gasteiger partial charge in [0.2, 0.25) is 15.9 Å². The highest BCUT2D eigenvalue weighted by Crippen LogP contribution is 2.57. The van der Waals surface area contributed by atoms with Crippen LogP contribution in [0.1, 0.15) is 119 Å². The minimum absolute atomic E-state index is 0.0242. The Morgan fingerprint density at radius 1 is 0.725 bits per heavy atom. The summed E-state index contributed by atoms with van der Waals surface area (Å²) in [5.74, 6) is -1.85. The molecular weight excluding hydrogens is 682 g/mol. The van der Waals surface area contributed by atoms with E-state index in [2.05, 4.69) is 4.72 Å². The number of carbonyl (C=O) groups is 5. The first kappa shape index (κ1) is 39.8. The van der Waals surface area contributed by atoms with Crippen LogP contribution in [0.2, 0.25) is 0 Å². The molecule has 0 radical (unpaired) electrons. The van der Waals surface area contributed by atoms with Crippen molar-refractivity contribution in [3.8, 4) is 0 Å². The van der Waals surface area contributed by atoms with E-state index in [0.717, 1.165) is 25.5 Å². The van der Waals surface area contributed by atoms with Crippen LogP contribution in [-0.4, -0.2) is 93.4 Å². The third kappa shape index (κ3) is 8.23. The van der Waals surface area contributed by atoms with Crippen LogP contribution in [0.4, 0.5) is 0 Å². The van der Waals surface area contributed by atoms with Crippen LogP contribution < -0.4 is 4.72 Å². The SMILES string of the molecule is CCC(C)(C)C(=O)OC12CC3CC(C(=O)NS(C)(=O)=O)(CC(C1)C(=O)CO3)C2.CCC(C)(C)C(=O)OC12CC3CC(OC)(CC(C1)C(=O)CO3)C2. The van der Waals surface area contributed by atoms with Gasteiger partial charge in [0.1, 0.15) is 24.4 Å². The smallest absolute Gasteiger partial charge is 0.312 e. The lowest BCUT2D eigenvalue weighted by atomic mass is 9.54. The van der Waals surface area contributed by atoms with Gasteiger partial charge in [-0.15, -0.1) is 0 Å². The van der Waals surface area contributed by atoms with Crippen molar-refractivity contribution < 1.29 is 56.1 Å². The predicted octanol–water partition coefficient (Wildman–Crippen LogP) is 3.98. The molecule has 288 valence electrons. The number of hydrogen-bond acceptors (Lipinski definition) is 12. The van der Waals surface area contributed by atoms with Gasteiger partial charge in [0.05, 0.1) is 40.3 Å². The highest BCUT2D eigenvalue weighted by molar-refractivity contribution is 7.89. The summed E-state index contributed by atoms with van der Waals surface area (Å²) in [6, 6.07) is 0. The zero-order chi connectivity index (χ0) is 37.8. The molecule has 8 rings (SSSR count). The average Bonchev–Trinajstić information content (AvgIpc) is 3.03. The molecule has 8 bridgehead atoms. The molecule has 0 spiro atoms. The molecule has 13 nitrogen and oxygen atoms in total. The molecule has 4 saturated carbocycles. The average molecular weight is 740 g/mol. The van der Waals surface area contributed by atoms with E-state index in [4.69, 9.17) is 23.7 Å². The Kier molecular flexibility index (Phi) is 10.7. The maximum atomic E-state index is 13.0. The van der Waals surface area contributed by atoms with E-state index in [1.165, 1.54) is 0 Å². The largest absolute Gasteiger partial charge is 0.458 e. The highest BCUT2D eigenvalue weighted by atomic mass is 32.2. The summed E-state index contributed by atoms with van der Waals surface area (Å²) < 4.78 is 54.8. The van der Waals surface area contributed by atoms with Crippen molar-refractivity contribution >= 4 is 39.4 Å². The Bertz CT molecular complexity index is 1540. The maximum Gasteiger partial charge on any atom is 0.312 e. The minimum atomic E-state index is -3.75. The highest BCUT2D eigenvalue weighted by Gasteiger charge is 2.63. The van der Waals surface area contributed by atoms with Crippen molar-refractivity contribution in [1.82, 2.24) is 4.72 Å². The van der Waals surface area contributed by atoms with Crippen LogP contribution in [0.15, 0.2) is 0 Å². The van der Waals surface area contributed by atoms with Crippen molar-refractivity contribution in [3.05, 3.63) is 0 Å². The summed E-state index contributed by atoms with van der Waals surface area (Å²) in [7, 11) is -2.06. The molecule has 51 heavy (non-hydrogen) atoms. The number of rotatable bonds is 9. The third-order valence-electron chi connectivity index (χ3n) is 12.7. The Hall–Kier alpha value is -2.42. The van der Waals surface area contributed by atoms with Crippen LogP contribution in [0.3, 0.4) is 0 Å². The van der Waals surface area contributed by atoms with Gasteiger partial charge in [-0.25, -0.2) is 8.42 Å². The Labute approximate surface area is 302 Å². The second kappa shape index (κ2) is 13.8. The zero-order valence-electron chi connectivity index (χ0n) is 31.5. The van der Waals surface area contributed by atoms with Gasteiger partial charge in [-0.2, -0.15) is 0 Å². The summed E-state index contributed by atoms with van der Waals surface area (Å²) in [5, 5.41) is 0. The van der Waals surface area contributed by atoms with E-state index in [1.807, 2.05) is 27.7 Å². The number of amides is 1. The van der Waals surface area contributed by atoms with Gasteiger partial charge in [0.15, 0.2) is 11.6 Å². The first-order valence-corrected chi connectivity index (χ1v) is 20.2. The van der Waals surface area contributed by atoms with Crippen LogP contribution >= 0.6 is 0 Å². The molecule has 14 heteroatoms. The van der Waals surface area contributed by atoms with Crippen molar-refractivity contribution in [2.24, 2.45) is 28.1 Å². The van der Waals surface area contributed by atoms with E-state index < -0.39 is 61.0 Å². The fraction of sp³-hybridized carbons (Fsp3) is 0.865. The topological polar surface area (TPSA) is 178 Å². The molecular formula is C37H57NO12S. The number of fused-ring (bicyclic) bond motifs is 4. The van der Waals surface area contributed by atoms with Crippen molar-refractivity contribution in [2.45, 2.75) is 148 Å². The molecule has 0 aromatic heterocycles. The molecule has 8 fully saturated rings. The number of nitrogens with one attached hydrogen (secondary N) is 1. The number of hydrogen-bond donors (Lipinski definition) is 1. The number of carbonyl (C=O) groups excluding carboxylic acids is 5. The lowest BCUT2D eigenvalue weighted by Gasteiger charge is -2.56. The number of ether oxygens (including phenoxy) is 5. The second-order valence-electron chi connectivity index (χ2n) is 17.7. The number of ketones is 2. The summed E-state index contributed by atoms with van der Waals surface area (Å²) >= 11 is 0. The van der Waals surface area contributed by atoms with E-state index in [-0.39, 0.29) is 61.6 Å². The molecule has 1 amide bonds. The van der Waals surface area contributed by atoms with Crippen molar-refractivity contribution in [3.63, 3.8) is 0 Å². The Balaban J connectivity index is 0.000000201. The van der Waals surface area contributed by atoms with Crippen LogP contribution in [0.25, 0.3) is 0 Å². The number of esters is 2. The van der Waals surface area contributed by atoms with Gasteiger partial charge in [-0.05, 0) is 72.6 Å². The van der Waals surface area contributed by atoms with Crippen LogP contribution in [0, 0.1) is 28.1 Å². The van der Waals surface area contributed by atoms with Gasteiger partial charge >= 0.3 is 11.9 Å². The standard InChI is InChI=1S/C19H29NO7S.C18H28O5/c1-5-17(2,3)16(23)27-19-7-12-6-18(11-19,15(22)20-28(4,24)25)8-13(9-19)26-10-14(12)21;1-5-16(2,3)15(20)23-18-7-12-6-17(11-18,21-4)8-13(9-18)22-10-14(12)19/h12-13H,5-11H2,1-4H3,(H,20,22);12-13H,5-11H2,1-4H3. The Morgan fingerprint density at radius 3 is 1.63 bits per heavy atom. The predicted molar refractivity (Wildman–Crippen MR) is 184 cm³/mol. The van der Waals surface area contributed by atoms with Gasteiger partial charge in [-0.3, -0.25) is 28.7 Å². The van der Waals surface area contributed by atoms with Crippen LogP contribution in [-0.2, 0) is 57.7 Å². The van der Waals surface area contributed by atoms with Crippen molar-refractivity contribution in [2.75, 3.05) is 26.6 Å². The molecule has 8 atom stereocenters. The molecule has 4 aliphatic carbocycles. The molecule has 4 heterocycles. The molecule has 8 unspecified atom stereocenters. The van der Waals surface area contributed by atoms with Gasteiger partial charge in [0, 0.05) is 51.0 Å². The van der Waals surface area contributed by atoms with Gasteiger partial charge in [0.25, 0.3) is 0 Å². The summed E-state index contributed by atoms with van der Waals surface area (Å²) in [6.07, 6.45) is 6.71. The quantitative estimate of drug-likeness (QED) is 0.337. The molecule has 4 aliphatic heterocycles. The van der Waals surface area contributed by atoms with E-state index in [0.29, 0.717) is 44.9 Å². The van der Waals surface area contributed by atoms with Gasteiger partial charge in [-0.1, -0.05) is 13.8 Å². The van der Waals surface area contributed by atoms with Crippen LogP contribution in [0.5, 0.6) is 0 Å². The van der Waals surface area contributed by atoms with E-state index in [1.54, 1.807) is 21.0 Å². The Morgan fingerprint density at radius 2 is 1.16 bits per heavy atom. The number of methoxy groups -OCH3 is 1. The third-order valence-corrected chi connectivity index (χ3v) is 13.3. The first-order valence-electron chi connectivity index (χ1n) is 18.4. The monoisotopic (exact) mass is 739 g/mol. The second-order valence-corrected chi connectivity index (χ2v) is 19.4.